The van der Waals surface area contributed by atoms with E-state index >= 15 is 0 Å². The van der Waals surface area contributed by atoms with Crippen molar-refractivity contribution in [2.24, 2.45) is 0 Å². The molecule has 14 nitrogen and oxygen atoms in total. The second kappa shape index (κ2) is 15.0. The number of rotatable bonds is 9. The van der Waals surface area contributed by atoms with Gasteiger partial charge in [0.25, 0.3) is 5.91 Å². The van der Waals surface area contributed by atoms with Crippen molar-refractivity contribution < 1.29 is 27.9 Å². The van der Waals surface area contributed by atoms with Gasteiger partial charge in [0.2, 0.25) is 15.9 Å². The van der Waals surface area contributed by atoms with E-state index in [-0.39, 0.29) is 22.1 Å². The van der Waals surface area contributed by atoms with E-state index in [9.17, 15) is 23.1 Å². The SMILES string of the molecule is C1CCNCC1.COc1ncc(-c2cc(NC(=O)c3nc(CN4CCCCC4)sc3C(=O)O)c3cn[nH]c3c2)cc1NS(C)(=O)=O. The molecular weight excluding hydrogens is 633 g/mol. The van der Waals surface area contributed by atoms with Crippen molar-refractivity contribution in [1.82, 2.24) is 30.4 Å². The number of fused-ring (bicyclic) bond motifs is 1. The van der Waals surface area contributed by atoms with Gasteiger partial charge in [-0.2, -0.15) is 5.10 Å². The van der Waals surface area contributed by atoms with Crippen LogP contribution in [0.3, 0.4) is 0 Å². The number of H-pyrrole nitrogens is 1. The van der Waals surface area contributed by atoms with Gasteiger partial charge < -0.3 is 20.5 Å². The van der Waals surface area contributed by atoms with Crippen LogP contribution in [0.5, 0.6) is 5.88 Å². The van der Waals surface area contributed by atoms with Crippen LogP contribution in [0, 0.1) is 0 Å². The first-order valence-corrected chi connectivity index (χ1v) is 17.8. The van der Waals surface area contributed by atoms with Gasteiger partial charge in [0, 0.05) is 17.1 Å². The maximum Gasteiger partial charge on any atom is 0.348 e. The lowest BCUT2D eigenvalue weighted by atomic mass is 10.0. The molecule has 0 atom stereocenters. The third-order valence-electron chi connectivity index (χ3n) is 7.58. The predicted octanol–water partition coefficient (Wildman–Crippen LogP) is 4.16. The van der Waals surface area contributed by atoms with Crippen molar-refractivity contribution >= 4 is 55.5 Å². The quantitative estimate of drug-likeness (QED) is 0.172. The van der Waals surface area contributed by atoms with Gasteiger partial charge in [-0.3, -0.25) is 19.5 Å². The minimum atomic E-state index is -3.61. The lowest BCUT2D eigenvalue weighted by molar-refractivity contribution is 0.0697. The van der Waals surface area contributed by atoms with Gasteiger partial charge in [-0.25, -0.2) is 23.2 Å². The van der Waals surface area contributed by atoms with Crippen LogP contribution in [0.25, 0.3) is 22.0 Å². The zero-order valence-corrected chi connectivity index (χ0v) is 27.4. The molecule has 2 saturated heterocycles. The van der Waals surface area contributed by atoms with Crippen LogP contribution in [-0.4, -0.2) is 90.0 Å². The number of aromatic nitrogens is 4. The van der Waals surface area contributed by atoms with Crippen LogP contribution in [-0.2, 0) is 16.6 Å². The zero-order valence-electron chi connectivity index (χ0n) is 25.8. The number of hydrogen-bond donors (Lipinski definition) is 5. The number of carboxylic acid groups (broad SMARTS) is 1. The van der Waals surface area contributed by atoms with E-state index in [0.717, 1.165) is 43.5 Å². The molecule has 0 radical (unpaired) electrons. The van der Waals surface area contributed by atoms with Crippen molar-refractivity contribution in [3.8, 4) is 17.0 Å². The summed E-state index contributed by atoms with van der Waals surface area (Å²) in [6.45, 7) is 4.82. The number of carbonyl (C=O) groups is 2. The Labute approximate surface area is 271 Å². The fourth-order valence-electron chi connectivity index (χ4n) is 5.39. The molecule has 0 bridgehead atoms. The molecule has 5 N–H and O–H groups in total. The fraction of sp³-hybridized carbons (Fsp3) is 0.433. The molecule has 4 aromatic rings. The number of likely N-dealkylation sites (tertiary alicyclic amines) is 1. The van der Waals surface area contributed by atoms with Crippen molar-refractivity contribution in [3.05, 3.63) is 46.2 Å². The summed E-state index contributed by atoms with van der Waals surface area (Å²) in [6.07, 6.45) is 11.6. The van der Waals surface area contributed by atoms with Crippen molar-refractivity contribution in [2.45, 2.75) is 45.1 Å². The molecular formula is C30H38N8O6S2. The molecule has 1 aromatic carbocycles. The molecule has 46 heavy (non-hydrogen) atoms. The molecule has 2 aliphatic heterocycles. The third kappa shape index (κ3) is 8.57. The molecule has 6 rings (SSSR count). The number of carboxylic acids is 1. The van der Waals surface area contributed by atoms with Gasteiger partial charge in [0.15, 0.2) is 5.69 Å². The third-order valence-corrected chi connectivity index (χ3v) is 9.19. The Kier molecular flexibility index (Phi) is 10.8. The van der Waals surface area contributed by atoms with Crippen LogP contribution in [0.1, 0.15) is 63.7 Å². The molecule has 2 fully saturated rings. The first-order chi connectivity index (χ1) is 22.1. The Morgan fingerprint density at radius 1 is 1.02 bits per heavy atom. The number of methoxy groups -OCH3 is 1. The smallest absolute Gasteiger partial charge is 0.348 e. The lowest BCUT2D eigenvalue weighted by Gasteiger charge is -2.25. The van der Waals surface area contributed by atoms with Gasteiger partial charge >= 0.3 is 5.97 Å². The second-order valence-corrected chi connectivity index (χ2v) is 14.0. The largest absolute Gasteiger partial charge is 0.480 e. The second-order valence-electron chi connectivity index (χ2n) is 11.2. The number of carbonyl (C=O) groups excluding carboxylic acids is 1. The number of nitrogens with one attached hydrogen (secondary N) is 4. The molecule has 0 aliphatic carbocycles. The summed E-state index contributed by atoms with van der Waals surface area (Å²) < 4.78 is 31.3. The van der Waals surface area contributed by atoms with E-state index in [2.05, 4.69) is 40.4 Å². The molecule has 2 aliphatic rings. The van der Waals surface area contributed by atoms with E-state index in [1.807, 2.05) is 0 Å². The summed E-state index contributed by atoms with van der Waals surface area (Å²) >= 11 is 1.01. The Morgan fingerprint density at radius 2 is 1.74 bits per heavy atom. The van der Waals surface area contributed by atoms with Gasteiger partial charge in [-0.05, 0) is 75.6 Å². The summed E-state index contributed by atoms with van der Waals surface area (Å²) in [6, 6.07) is 5.00. The normalized spacial score (nSPS) is 15.5. The number of pyridine rings is 1. The minimum absolute atomic E-state index is 0.0930. The average Bonchev–Trinajstić information content (AvgIpc) is 3.70. The molecule has 246 valence electrons. The Balaban J connectivity index is 0.000000624. The average molecular weight is 671 g/mol. The maximum atomic E-state index is 13.4. The summed E-state index contributed by atoms with van der Waals surface area (Å²) in [4.78, 5) is 36.0. The van der Waals surface area contributed by atoms with Crippen LogP contribution in [0.4, 0.5) is 11.4 Å². The van der Waals surface area contributed by atoms with Crippen molar-refractivity contribution in [3.63, 3.8) is 0 Å². The maximum absolute atomic E-state index is 13.4. The minimum Gasteiger partial charge on any atom is -0.480 e. The number of piperidine rings is 2. The van der Waals surface area contributed by atoms with E-state index in [0.29, 0.717) is 39.3 Å². The Hall–Kier alpha value is -4.12. The molecule has 0 spiro atoms. The highest BCUT2D eigenvalue weighted by molar-refractivity contribution is 7.92. The molecule has 3 aromatic heterocycles. The van der Waals surface area contributed by atoms with Crippen LogP contribution < -0.4 is 20.1 Å². The van der Waals surface area contributed by atoms with Gasteiger partial charge in [0.05, 0.1) is 37.3 Å². The number of thiazole rings is 1. The predicted molar refractivity (Wildman–Crippen MR) is 177 cm³/mol. The Bertz CT molecular complexity index is 1780. The number of aromatic amines is 1. The number of ether oxygens (including phenoxy) is 1. The lowest BCUT2D eigenvalue weighted by Crippen LogP contribution is -2.29. The summed E-state index contributed by atoms with van der Waals surface area (Å²) in [5, 5.41) is 24.0. The van der Waals surface area contributed by atoms with Gasteiger partial charge in [0.1, 0.15) is 15.6 Å². The number of sulfonamides is 1. The highest BCUT2D eigenvalue weighted by atomic mass is 32.2. The molecule has 0 unspecified atom stereocenters. The topological polar surface area (TPSA) is 192 Å². The molecule has 0 saturated carbocycles. The van der Waals surface area contributed by atoms with E-state index in [4.69, 9.17) is 4.74 Å². The molecule has 5 heterocycles. The number of hydrogen-bond acceptors (Lipinski definition) is 11. The van der Waals surface area contributed by atoms with E-state index in [1.165, 1.54) is 52.1 Å². The standard InChI is InChI=1S/C25H27N7O6S2.C5H11N/c1-38-24-19(31-40(2,36)37)10-15(11-26-24)14-8-17(16-12-27-30-18(16)9-14)28-23(33)21-22(25(34)35)39-20(29-21)13-32-6-4-3-5-7-32;1-2-4-6-5-3-1/h8-12,31H,3-7,13H2,1-2H3,(H,27,30)(H,28,33)(H,34,35);6H,1-5H2. The van der Waals surface area contributed by atoms with Crippen molar-refractivity contribution in [1.29, 1.82) is 0 Å². The first kappa shape index (κ1) is 33.2. The number of anilines is 2. The number of aromatic carboxylic acids is 1. The van der Waals surface area contributed by atoms with E-state index in [1.54, 1.807) is 24.4 Å². The van der Waals surface area contributed by atoms with Crippen molar-refractivity contribution in [2.75, 3.05) is 49.6 Å². The number of nitrogens with zero attached hydrogens (tertiary/aromatic N) is 4. The summed E-state index contributed by atoms with van der Waals surface area (Å²) in [7, 11) is -2.23. The van der Waals surface area contributed by atoms with Gasteiger partial charge in [-0.15, -0.1) is 11.3 Å². The van der Waals surface area contributed by atoms with Crippen LogP contribution in [0.15, 0.2) is 30.6 Å². The first-order valence-electron chi connectivity index (χ1n) is 15.1. The highest BCUT2D eigenvalue weighted by Crippen LogP contribution is 2.34. The fourth-order valence-corrected chi connectivity index (χ4v) is 6.88. The van der Waals surface area contributed by atoms with Crippen LogP contribution in [0.2, 0.25) is 0 Å². The number of benzene rings is 1. The highest BCUT2D eigenvalue weighted by Gasteiger charge is 2.25. The van der Waals surface area contributed by atoms with E-state index < -0.39 is 21.9 Å². The zero-order chi connectivity index (χ0) is 32.7. The number of amides is 1. The summed E-state index contributed by atoms with van der Waals surface area (Å²) in [5.41, 5.74) is 2.05. The summed E-state index contributed by atoms with van der Waals surface area (Å²) in [5.74, 6) is -1.79. The molecule has 1 amide bonds. The van der Waals surface area contributed by atoms with Crippen LogP contribution >= 0.6 is 11.3 Å². The Morgan fingerprint density at radius 3 is 2.37 bits per heavy atom. The molecule has 16 heteroatoms. The van der Waals surface area contributed by atoms with Gasteiger partial charge in [-0.1, -0.05) is 12.8 Å². The monoisotopic (exact) mass is 670 g/mol.